The lowest BCUT2D eigenvalue weighted by atomic mass is 10.2. The zero-order chi connectivity index (χ0) is 15.3. The summed E-state index contributed by atoms with van der Waals surface area (Å²) in [6.07, 6.45) is 0. The highest BCUT2D eigenvalue weighted by atomic mass is 79.9. The van der Waals surface area contributed by atoms with Crippen LogP contribution in [-0.4, -0.2) is 24.1 Å². The van der Waals surface area contributed by atoms with Gasteiger partial charge >= 0.3 is 5.69 Å². The summed E-state index contributed by atoms with van der Waals surface area (Å²) >= 11 is 3.09. The average Bonchev–Trinajstić information content (AvgIpc) is 2.34. The topological polar surface area (TPSA) is 64.4 Å². The molecule has 1 N–H and O–H groups in total. The van der Waals surface area contributed by atoms with Gasteiger partial charge in [-0.25, -0.2) is 4.39 Å². The molecule has 0 aliphatic carbocycles. The molecule has 0 fully saturated rings. The monoisotopic (exact) mass is 348 g/mol. The molecule has 1 atom stereocenters. The molecule has 1 aromatic carbocycles. The van der Waals surface area contributed by atoms with Crippen molar-refractivity contribution in [2.75, 3.05) is 13.2 Å². The average molecular weight is 349 g/mol. The molecule has 0 saturated carbocycles. The number of benzene rings is 1. The second-order valence-electron chi connectivity index (χ2n) is 4.97. The normalized spacial score (nSPS) is 12.5. The third-order valence-electron chi connectivity index (χ3n) is 2.57. The van der Waals surface area contributed by atoms with Gasteiger partial charge in [0.2, 0.25) is 5.75 Å². The van der Waals surface area contributed by atoms with Crippen LogP contribution in [0.4, 0.5) is 10.1 Å². The highest BCUT2D eigenvalue weighted by Crippen LogP contribution is 2.36. The molecule has 0 radical (unpaired) electrons. The van der Waals surface area contributed by atoms with Crippen LogP contribution in [-0.2, 0) is 0 Å². The highest BCUT2D eigenvalue weighted by molar-refractivity contribution is 9.10. The van der Waals surface area contributed by atoms with E-state index < -0.39 is 10.7 Å². The molecule has 0 aliphatic rings. The Hall–Kier alpha value is -1.21. The van der Waals surface area contributed by atoms with Crippen molar-refractivity contribution in [2.45, 2.75) is 26.8 Å². The van der Waals surface area contributed by atoms with Gasteiger partial charge in [0.1, 0.15) is 5.82 Å². The van der Waals surface area contributed by atoms with Crippen LogP contribution in [0.25, 0.3) is 0 Å². The summed E-state index contributed by atoms with van der Waals surface area (Å²) in [7, 11) is 0. The van der Waals surface area contributed by atoms with Crippen LogP contribution < -0.4 is 10.1 Å². The van der Waals surface area contributed by atoms with E-state index in [1.54, 1.807) is 0 Å². The molecule has 1 rings (SSSR count). The number of hydrogen-bond donors (Lipinski definition) is 1. The van der Waals surface area contributed by atoms with Crippen LogP contribution in [0.1, 0.15) is 20.8 Å². The molecule has 0 aliphatic heterocycles. The number of nitro benzene ring substituents is 1. The summed E-state index contributed by atoms with van der Waals surface area (Å²) in [5.41, 5.74) is -0.374. The van der Waals surface area contributed by atoms with Gasteiger partial charge in [0.05, 0.1) is 22.1 Å². The lowest BCUT2D eigenvalue weighted by Crippen LogP contribution is -2.30. The van der Waals surface area contributed by atoms with E-state index in [-0.39, 0.29) is 21.8 Å². The van der Waals surface area contributed by atoms with Crippen molar-refractivity contribution < 1.29 is 14.1 Å². The number of nitrogens with zero attached hydrogens (tertiary/aromatic N) is 1. The fourth-order valence-corrected chi connectivity index (χ4v) is 2.08. The van der Waals surface area contributed by atoms with Crippen LogP contribution in [0.2, 0.25) is 0 Å². The maximum absolute atomic E-state index is 13.2. The fourth-order valence-electron chi connectivity index (χ4n) is 1.55. The molecule has 7 heteroatoms. The Labute approximate surface area is 125 Å². The second kappa shape index (κ2) is 7.54. The quantitative estimate of drug-likeness (QED) is 0.604. The van der Waals surface area contributed by atoms with Crippen molar-refractivity contribution in [3.05, 3.63) is 32.5 Å². The van der Waals surface area contributed by atoms with Gasteiger partial charge in [0.25, 0.3) is 0 Å². The van der Waals surface area contributed by atoms with E-state index >= 15 is 0 Å². The van der Waals surface area contributed by atoms with Crippen molar-refractivity contribution >= 4 is 21.6 Å². The van der Waals surface area contributed by atoms with Gasteiger partial charge < -0.3 is 10.1 Å². The van der Waals surface area contributed by atoms with Gasteiger partial charge in [-0.3, -0.25) is 10.1 Å². The number of nitro groups is 1. The Morgan fingerprint density at radius 2 is 2.10 bits per heavy atom. The van der Waals surface area contributed by atoms with Gasteiger partial charge in [0.15, 0.2) is 0 Å². The molecule has 112 valence electrons. The number of hydrogen-bond acceptors (Lipinski definition) is 4. The van der Waals surface area contributed by atoms with Gasteiger partial charge in [-0.05, 0) is 22.0 Å². The summed E-state index contributed by atoms with van der Waals surface area (Å²) in [6, 6.07) is 2.38. The van der Waals surface area contributed by atoms with Crippen molar-refractivity contribution in [3.63, 3.8) is 0 Å². The molecule has 0 bridgehead atoms. The van der Waals surface area contributed by atoms with Crippen LogP contribution in [0.5, 0.6) is 5.75 Å². The Morgan fingerprint density at radius 1 is 1.45 bits per heavy atom. The van der Waals surface area contributed by atoms with E-state index in [0.717, 1.165) is 18.7 Å². The van der Waals surface area contributed by atoms with Crippen LogP contribution in [0, 0.1) is 21.8 Å². The van der Waals surface area contributed by atoms with Gasteiger partial charge in [-0.2, -0.15) is 0 Å². The number of ether oxygens (including phenoxy) is 1. The highest BCUT2D eigenvalue weighted by Gasteiger charge is 2.21. The SMILES string of the molecule is CC(CNC(C)C)COc1c(Br)cc(F)cc1[N+](=O)[O-]. The molecule has 0 saturated heterocycles. The standard InChI is InChI=1S/C13H18BrFN2O3/c1-8(2)16-6-9(3)7-20-13-11(14)4-10(15)5-12(13)17(18)19/h4-5,8-9,16H,6-7H2,1-3H3. The second-order valence-corrected chi connectivity index (χ2v) is 5.83. The van der Waals surface area contributed by atoms with Gasteiger partial charge in [0, 0.05) is 18.5 Å². The smallest absolute Gasteiger partial charge is 0.315 e. The first-order chi connectivity index (χ1) is 9.31. The van der Waals surface area contributed by atoms with Gasteiger partial charge in [-0.1, -0.05) is 20.8 Å². The number of halogens is 2. The van der Waals surface area contributed by atoms with E-state index in [0.29, 0.717) is 12.6 Å². The Bertz CT molecular complexity index is 483. The molecular formula is C13H18BrFN2O3. The third kappa shape index (κ3) is 5.05. The lowest BCUT2D eigenvalue weighted by molar-refractivity contribution is -0.386. The first-order valence-electron chi connectivity index (χ1n) is 6.30. The predicted octanol–water partition coefficient (Wildman–Crippen LogP) is 3.51. The fraction of sp³-hybridized carbons (Fsp3) is 0.538. The Kier molecular flexibility index (Phi) is 6.35. The summed E-state index contributed by atoms with van der Waals surface area (Å²) < 4.78 is 18.9. The van der Waals surface area contributed by atoms with Crippen molar-refractivity contribution in [1.82, 2.24) is 5.32 Å². The first kappa shape index (κ1) is 16.8. The van der Waals surface area contributed by atoms with E-state index in [2.05, 4.69) is 21.2 Å². The minimum absolute atomic E-state index is 0.0628. The van der Waals surface area contributed by atoms with Crippen molar-refractivity contribution in [1.29, 1.82) is 0 Å². The molecule has 1 unspecified atom stereocenters. The summed E-state index contributed by atoms with van der Waals surface area (Å²) in [6.45, 7) is 7.09. The van der Waals surface area contributed by atoms with E-state index in [1.807, 2.05) is 20.8 Å². The van der Waals surface area contributed by atoms with E-state index in [9.17, 15) is 14.5 Å². The Morgan fingerprint density at radius 3 is 2.65 bits per heavy atom. The van der Waals surface area contributed by atoms with Crippen LogP contribution in [0.3, 0.4) is 0 Å². The zero-order valence-corrected chi connectivity index (χ0v) is 13.2. The molecule has 0 aromatic heterocycles. The number of rotatable bonds is 7. The Balaban J connectivity index is 2.74. The maximum atomic E-state index is 13.2. The van der Waals surface area contributed by atoms with Gasteiger partial charge in [-0.15, -0.1) is 0 Å². The molecule has 5 nitrogen and oxygen atoms in total. The molecule has 1 aromatic rings. The maximum Gasteiger partial charge on any atom is 0.315 e. The molecule has 0 amide bonds. The minimum Gasteiger partial charge on any atom is -0.486 e. The predicted molar refractivity (Wildman–Crippen MR) is 78.6 cm³/mol. The third-order valence-corrected chi connectivity index (χ3v) is 3.16. The molecule has 20 heavy (non-hydrogen) atoms. The van der Waals surface area contributed by atoms with E-state index in [1.165, 1.54) is 0 Å². The van der Waals surface area contributed by atoms with Crippen molar-refractivity contribution in [3.8, 4) is 5.75 Å². The molecule has 0 spiro atoms. The lowest BCUT2D eigenvalue weighted by Gasteiger charge is -2.16. The largest absolute Gasteiger partial charge is 0.486 e. The van der Waals surface area contributed by atoms with E-state index in [4.69, 9.17) is 4.74 Å². The summed E-state index contributed by atoms with van der Waals surface area (Å²) in [4.78, 5) is 10.3. The van der Waals surface area contributed by atoms with Crippen LogP contribution >= 0.6 is 15.9 Å². The minimum atomic E-state index is -0.676. The zero-order valence-electron chi connectivity index (χ0n) is 11.7. The summed E-state index contributed by atoms with van der Waals surface area (Å²) in [5.74, 6) is -0.438. The van der Waals surface area contributed by atoms with Crippen molar-refractivity contribution in [2.24, 2.45) is 5.92 Å². The first-order valence-corrected chi connectivity index (χ1v) is 7.10. The number of nitrogens with one attached hydrogen (secondary N) is 1. The molecule has 0 heterocycles. The molecular weight excluding hydrogens is 331 g/mol. The van der Waals surface area contributed by atoms with Crippen LogP contribution in [0.15, 0.2) is 16.6 Å². The summed E-state index contributed by atoms with van der Waals surface area (Å²) in [5, 5.41) is 14.2.